The SMILES string of the molecule is O=C1C(Cl)=C/C(=N\S(=O)(=O)c2cccs2)c2ccccc21. The predicted octanol–water partition coefficient (Wildman–Crippen LogP) is 3.25. The number of ketones is 1. The van der Waals surface area contributed by atoms with E-state index in [1.54, 1.807) is 35.7 Å². The average Bonchev–Trinajstić information content (AvgIpc) is 2.99. The highest BCUT2D eigenvalue weighted by atomic mass is 35.5. The second kappa shape index (κ2) is 5.22. The molecule has 1 aliphatic rings. The highest BCUT2D eigenvalue weighted by Crippen LogP contribution is 2.26. The molecular formula is C14H8ClNO3S2. The maximum Gasteiger partial charge on any atom is 0.292 e. The molecule has 7 heteroatoms. The van der Waals surface area contributed by atoms with Gasteiger partial charge in [-0.3, -0.25) is 4.79 Å². The zero-order valence-corrected chi connectivity index (χ0v) is 12.9. The Kier molecular flexibility index (Phi) is 3.52. The maximum atomic E-state index is 12.2. The van der Waals surface area contributed by atoms with Crippen molar-refractivity contribution >= 4 is 44.5 Å². The molecule has 21 heavy (non-hydrogen) atoms. The molecule has 106 valence electrons. The minimum Gasteiger partial charge on any atom is -0.288 e. The first-order chi connectivity index (χ1) is 9.99. The summed E-state index contributed by atoms with van der Waals surface area (Å²) in [4.78, 5) is 12.0. The number of hydrogen-bond acceptors (Lipinski definition) is 4. The number of Topliss-reactive ketones (excluding diaryl/α,β-unsaturated/α-hetero) is 1. The van der Waals surface area contributed by atoms with E-state index < -0.39 is 10.0 Å². The fraction of sp³-hybridized carbons (Fsp3) is 0. The minimum atomic E-state index is -3.81. The van der Waals surface area contributed by atoms with Crippen LogP contribution in [0.3, 0.4) is 0 Å². The van der Waals surface area contributed by atoms with E-state index in [-0.39, 0.29) is 20.7 Å². The number of sulfonamides is 1. The molecule has 0 unspecified atom stereocenters. The number of benzene rings is 1. The number of thiophene rings is 1. The van der Waals surface area contributed by atoms with E-state index in [1.165, 1.54) is 12.1 Å². The molecule has 2 aromatic rings. The van der Waals surface area contributed by atoms with E-state index in [0.717, 1.165) is 11.3 Å². The lowest BCUT2D eigenvalue weighted by molar-refractivity contribution is 0.104. The Morgan fingerprint density at radius 1 is 1.05 bits per heavy atom. The molecule has 0 atom stereocenters. The van der Waals surface area contributed by atoms with Crippen molar-refractivity contribution in [1.82, 2.24) is 0 Å². The van der Waals surface area contributed by atoms with Crippen LogP contribution in [0, 0.1) is 0 Å². The zero-order valence-electron chi connectivity index (χ0n) is 10.5. The maximum absolute atomic E-state index is 12.2. The Hall–Kier alpha value is -1.76. The minimum absolute atomic E-state index is 0.0474. The summed E-state index contributed by atoms with van der Waals surface area (Å²) in [6, 6.07) is 9.77. The van der Waals surface area contributed by atoms with Crippen molar-refractivity contribution in [3.63, 3.8) is 0 Å². The Labute approximate surface area is 130 Å². The first kappa shape index (κ1) is 14.2. The van der Waals surface area contributed by atoms with Gasteiger partial charge in [0.05, 0.1) is 10.7 Å². The largest absolute Gasteiger partial charge is 0.292 e. The molecule has 0 bridgehead atoms. The molecule has 0 spiro atoms. The number of allylic oxidation sites excluding steroid dienone is 2. The molecule has 0 radical (unpaired) electrons. The monoisotopic (exact) mass is 337 g/mol. The van der Waals surface area contributed by atoms with Crippen molar-refractivity contribution in [2.24, 2.45) is 4.40 Å². The lowest BCUT2D eigenvalue weighted by Gasteiger charge is -2.13. The van der Waals surface area contributed by atoms with Gasteiger partial charge in [-0.1, -0.05) is 41.9 Å². The smallest absolute Gasteiger partial charge is 0.288 e. The second-order valence-electron chi connectivity index (χ2n) is 4.25. The van der Waals surface area contributed by atoms with Gasteiger partial charge >= 0.3 is 0 Å². The standard InChI is InChI=1S/C14H8ClNO3S2/c15-11-8-12(9-4-1-2-5-10(9)14(11)17)16-21(18,19)13-6-3-7-20-13/h1-8H/b16-12+. The molecule has 0 saturated carbocycles. The number of nitrogens with zero attached hydrogens (tertiary/aromatic N) is 1. The van der Waals surface area contributed by atoms with Crippen molar-refractivity contribution in [2.75, 3.05) is 0 Å². The molecule has 4 nitrogen and oxygen atoms in total. The number of halogens is 1. The van der Waals surface area contributed by atoms with Gasteiger partial charge in [-0.05, 0) is 17.5 Å². The summed E-state index contributed by atoms with van der Waals surface area (Å²) in [7, 11) is -3.81. The third-order valence-electron chi connectivity index (χ3n) is 2.90. The van der Waals surface area contributed by atoms with Gasteiger partial charge in [-0.25, -0.2) is 0 Å². The lowest BCUT2D eigenvalue weighted by Crippen LogP contribution is -2.16. The number of rotatable bonds is 2. The summed E-state index contributed by atoms with van der Waals surface area (Å²) in [5.74, 6) is -0.334. The average molecular weight is 338 g/mol. The Balaban J connectivity index is 2.19. The van der Waals surface area contributed by atoms with Crippen molar-refractivity contribution < 1.29 is 13.2 Å². The molecule has 1 aliphatic carbocycles. The van der Waals surface area contributed by atoms with Gasteiger partial charge in [0, 0.05) is 11.1 Å². The molecule has 0 N–H and O–H groups in total. The third-order valence-corrected chi connectivity index (χ3v) is 5.84. The first-order valence-electron chi connectivity index (χ1n) is 5.89. The summed E-state index contributed by atoms with van der Waals surface area (Å²) in [6.45, 7) is 0. The van der Waals surface area contributed by atoms with Crippen LogP contribution in [-0.2, 0) is 10.0 Å². The van der Waals surface area contributed by atoms with Crippen molar-refractivity contribution in [2.45, 2.75) is 4.21 Å². The van der Waals surface area contributed by atoms with Crippen LogP contribution < -0.4 is 0 Å². The Morgan fingerprint density at radius 3 is 2.43 bits per heavy atom. The predicted molar refractivity (Wildman–Crippen MR) is 82.8 cm³/mol. The van der Waals surface area contributed by atoms with Crippen molar-refractivity contribution in [3.8, 4) is 0 Å². The number of fused-ring (bicyclic) bond motifs is 1. The van der Waals surface area contributed by atoms with E-state index in [9.17, 15) is 13.2 Å². The van der Waals surface area contributed by atoms with Gasteiger partial charge in [0.2, 0.25) is 5.78 Å². The van der Waals surface area contributed by atoms with Gasteiger partial charge in [0.1, 0.15) is 4.21 Å². The van der Waals surface area contributed by atoms with Gasteiger partial charge in [-0.2, -0.15) is 12.8 Å². The van der Waals surface area contributed by atoms with Crippen LogP contribution in [0.5, 0.6) is 0 Å². The highest BCUT2D eigenvalue weighted by Gasteiger charge is 2.25. The third kappa shape index (κ3) is 2.57. The van der Waals surface area contributed by atoms with Crippen molar-refractivity contribution in [1.29, 1.82) is 0 Å². The summed E-state index contributed by atoms with van der Waals surface area (Å²) < 4.78 is 28.4. The number of carbonyl (C=O) groups is 1. The molecule has 1 aromatic carbocycles. The molecule has 0 aliphatic heterocycles. The topological polar surface area (TPSA) is 63.6 Å². The molecule has 0 fully saturated rings. The molecule has 3 rings (SSSR count). The van der Waals surface area contributed by atoms with E-state index >= 15 is 0 Å². The molecule has 1 heterocycles. The van der Waals surface area contributed by atoms with Gasteiger partial charge in [-0.15, -0.1) is 11.3 Å². The number of carbonyl (C=O) groups excluding carboxylic acids is 1. The Morgan fingerprint density at radius 2 is 1.76 bits per heavy atom. The molecular weight excluding hydrogens is 330 g/mol. The van der Waals surface area contributed by atoms with E-state index in [2.05, 4.69) is 4.40 Å². The van der Waals surface area contributed by atoms with E-state index in [0.29, 0.717) is 11.1 Å². The van der Waals surface area contributed by atoms with Crippen LogP contribution >= 0.6 is 22.9 Å². The van der Waals surface area contributed by atoms with Crippen LogP contribution in [0.1, 0.15) is 15.9 Å². The van der Waals surface area contributed by atoms with Crippen LogP contribution in [-0.4, -0.2) is 19.9 Å². The van der Waals surface area contributed by atoms with Gasteiger partial charge in [0.25, 0.3) is 10.0 Å². The van der Waals surface area contributed by atoms with E-state index in [4.69, 9.17) is 11.6 Å². The van der Waals surface area contributed by atoms with Crippen LogP contribution in [0.25, 0.3) is 0 Å². The fourth-order valence-corrected chi connectivity index (χ4v) is 4.13. The zero-order chi connectivity index (χ0) is 15.0. The molecule has 1 aromatic heterocycles. The summed E-state index contributed by atoms with van der Waals surface area (Å²) in [5.41, 5.74) is 0.987. The van der Waals surface area contributed by atoms with Gasteiger partial charge in [0.15, 0.2) is 0 Å². The van der Waals surface area contributed by atoms with Crippen LogP contribution in [0.15, 0.2) is 61.5 Å². The van der Waals surface area contributed by atoms with Gasteiger partial charge < -0.3 is 0 Å². The van der Waals surface area contributed by atoms with E-state index in [1.807, 2.05) is 0 Å². The lowest BCUT2D eigenvalue weighted by atomic mass is 9.94. The van der Waals surface area contributed by atoms with Crippen molar-refractivity contribution in [3.05, 3.63) is 64.0 Å². The fourth-order valence-electron chi connectivity index (χ4n) is 1.96. The van der Waals surface area contributed by atoms with Crippen LogP contribution in [0.2, 0.25) is 0 Å². The molecule has 0 amide bonds. The quantitative estimate of drug-likeness (QED) is 0.845. The highest BCUT2D eigenvalue weighted by molar-refractivity contribution is 7.92. The summed E-state index contributed by atoms with van der Waals surface area (Å²) in [6.07, 6.45) is 1.29. The summed E-state index contributed by atoms with van der Waals surface area (Å²) in [5, 5.41) is 1.61. The second-order valence-corrected chi connectivity index (χ2v) is 7.44. The number of hydrogen-bond donors (Lipinski definition) is 0. The normalized spacial score (nSPS) is 16.7. The summed E-state index contributed by atoms with van der Waals surface area (Å²) >= 11 is 6.97. The first-order valence-corrected chi connectivity index (χ1v) is 8.58. The Bertz CT molecular complexity index is 881. The van der Waals surface area contributed by atoms with Crippen LogP contribution in [0.4, 0.5) is 0 Å². The molecule has 0 saturated heterocycles.